The quantitative estimate of drug-likeness (QED) is 0.752. The third kappa shape index (κ3) is 3.16. The number of aromatic carboxylic acids is 1. The van der Waals surface area contributed by atoms with Gasteiger partial charge in [0.15, 0.2) is 0 Å². The lowest BCUT2D eigenvalue weighted by Crippen LogP contribution is -2.00. The number of nitrogens with one attached hydrogen (secondary N) is 1. The minimum atomic E-state index is -1.06. The van der Waals surface area contributed by atoms with Crippen molar-refractivity contribution in [1.29, 1.82) is 0 Å². The van der Waals surface area contributed by atoms with Crippen molar-refractivity contribution in [2.24, 2.45) is 0 Å². The van der Waals surface area contributed by atoms with Crippen LogP contribution in [0.2, 0.25) is 0 Å². The van der Waals surface area contributed by atoms with Gasteiger partial charge in [0.2, 0.25) is 0 Å². The zero-order valence-electron chi connectivity index (χ0n) is 12.3. The second-order valence-corrected chi connectivity index (χ2v) is 4.78. The number of aromatic nitrogens is 2. The fraction of sp³-hybridized carbons (Fsp3) is 0.0588. The van der Waals surface area contributed by atoms with Gasteiger partial charge in [-0.3, -0.25) is 5.10 Å². The van der Waals surface area contributed by atoms with E-state index in [9.17, 15) is 9.90 Å². The number of carbonyl (C=O) groups is 1. The van der Waals surface area contributed by atoms with Crippen LogP contribution in [0.15, 0.2) is 54.9 Å². The number of carboxylic acids is 1. The third-order valence-corrected chi connectivity index (χ3v) is 3.33. The lowest BCUT2D eigenvalue weighted by atomic mass is 10.1. The van der Waals surface area contributed by atoms with Gasteiger partial charge in [-0.15, -0.1) is 0 Å². The second kappa shape index (κ2) is 6.23. The molecule has 0 saturated heterocycles. The van der Waals surface area contributed by atoms with Gasteiger partial charge in [-0.1, -0.05) is 6.07 Å². The molecule has 0 saturated carbocycles. The summed E-state index contributed by atoms with van der Waals surface area (Å²) in [5.41, 5.74) is 1.64. The first-order chi connectivity index (χ1) is 11.2. The topological polar surface area (TPSA) is 84.4 Å². The van der Waals surface area contributed by atoms with Crippen LogP contribution in [-0.2, 0) is 0 Å². The summed E-state index contributed by atoms with van der Waals surface area (Å²) in [5.74, 6) is 0.448. The molecule has 3 rings (SSSR count). The van der Waals surface area contributed by atoms with Crippen LogP contribution in [0, 0.1) is 0 Å². The van der Waals surface area contributed by atoms with E-state index < -0.39 is 5.97 Å². The summed E-state index contributed by atoms with van der Waals surface area (Å²) < 4.78 is 10.8. The number of methoxy groups -OCH3 is 1. The summed E-state index contributed by atoms with van der Waals surface area (Å²) >= 11 is 0. The van der Waals surface area contributed by atoms with Crippen LogP contribution in [0.5, 0.6) is 17.2 Å². The molecular formula is C17H14N2O4. The molecule has 1 heterocycles. The Morgan fingerprint density at radius 1 is 1.09 bits per heavy atom. The summed E-state index contributed by atoms with van der Waals surface area (Å²) in [4.78, 5) is 11.5. The van der Waals surface area contributed by atoms with Gasteiger partial charge in [-0.05, 0) is 42.0 Å². The molecule has 0 aliphatic carbocycles. The standard InChI is InChI=1S/C17H14N2O4/c1-22-13-3-5-14(6-4-13)23-16-7-2-11(8-15(16)17(20)21)12-9-18-19-10-12/h2-10H,1H3,(H,18,19)(H,20,21). The van der Waals surface area contributed by atoms with E-state index >= 15 is 0 Å². The summed E-state index contributed by atoms with van der Waals surface area (Å²) in [6.45, 7) is 0. The Bertz CT molecular complexity index is 811. The predicted molar refractivity (Wildman–Crippen MR) is 84.1 cm³/mol. The lowest BCUT2D eigenvalue weighted by molar-refractivity contribution is 0.0694. The highest BCUT2D eigenvalue weighted by Gasteiger charge is 2.14. The Balaban J connectivity index is 1.93. The molecule has 2 N–H and O–H groups in total. The smallest absolute Gasteiger partial charge is 0.339 e. The average molecular weight is 310 g/mol. The Kier molecular flexibility index (Phi) is 3.97. The van der Waals surface area contributed by atoms with Crippen LogP contribution in [0.1, 0.15) is 10.4 Å². The summed E-state index contributed by atoms with van der Waals surface area (Å²) in [7, 11) is 1.58. The van der Waals surface area contributed by atoms with Crippen molar-refractivity contribution in [2.45, 2.75) is 0 Å². The van der Waals surface area contributed by atoms with Crippen LogP contribution in [0.3, 0.4) is 0 Å². The van der Waals surface area contributed by atoms with E-state index in [1.807, 2.05) is 0 Å². The van der Waals surface area contributed by atoms with Gasteiger partial charge < -0.3 is 14.6 Å². The summed E-state index contributed by atoms with van der Waals surface area (Å²) in [5, 5.41) is 16.0. The van der Waals surface area contributed by atoms with Crippen LogP contribution >= 0.6 is 0 Å². The van der Waals surface area contributed by atoms with Crippen LogP contribution < -0.4 is 9.47 Å². The number of carboxylic acid groups (broad SMARTS) is 1. The van der Waals surface area contributed by atoms with Crippen LogP contribution in [0.4, 0.5) is 0 Å². The maximum Gasteiger partial charge on any atom is 0.339 e. The molecule has 0 aliphatic heterocycles. The highest BCUT2D eigenvalue weighted by atomic mass is 16.5. The molecule has 116 valence electrons. The molecule has 0 unspecified atom stereocenters. The van der Waals surface area contributed by atoms with E-state index in [1.54, 1.807) is 62.0 Å². The minimum Gasteiger partial charge on any atom is -0.497 e. The molecule has 0 amide bonds. The average Bonchev–Trinajstić information content (AvgIpc) is 3.10. The van der Waals surface area contributed by atoms with Gasteiger partial charge in [-0.2, -0.15) is 5.10 Å². The van der Waals surface area contributed by atoms with Crippen molar-refractivity contribution >= 4 is 5.97 Å². The Labute approximate surface area is 132 Å². The molecule has 0 bridgehead atoms. The van der Waals surface area contributed by atoms with Crippen molar-refractivity contribution in [3.8, 4) is 28.4 Å². The van der Waals surface area contributed by atoms with Crippen molar-refractivity contribution < 1.29 is 19.4 Å². The fourth-order valence-electron chi connectivity index (χ4n) is 2.15. The van der Waals surface area contributed by atoms with Crippen molar-refractivity contribution in [1.82, 2.24) is 10.2 Å². The SMILES string of the molecule is COc1ccc(Oc2ccc(-c3cn[nH]c3)cc2C(=O)O)cc1. The van der Waals surface area contributed by atoms with E-state index in [1.165, 1.54) is 0 Å². The first-order valence-corrected chi connectivity index (χ1v) is 6.86. The fourth-order valence-corrected chi connectivity index (χ4v) is 2.15. The number of rotatable bonds is 5. The highest BCUT2D eigenvalue weighted by Crippen LogP contribution is 2.30. The molecule has 1 aromatic heterocycles. The minimum absolute atomic E-state index is 0.0829. The monoisotopic (exact) mass is 310 g/mol. The zero-order chi connectivity index (χ0) is 16.2. The molecule has 0 aliphatic rings. The predicted octanol–water partition coefficient (Wildman–Crippen LogP) is 3.58. The number of benzene rings is 2. The molecule has 23 heavy (non-hydrogen) atoms. The van der Waals surface area contributed by atoms with E-state index in [0.717, 1.165) is 11.1 Å². The molecule has 2 aromatic carbocycles. The van der Waals surface area contributed by atoms with Crippen molar-refractivity contribution in [2.75, 3.05) is 7.11 Å². The van der Waals surface area contributed by atoms with Crippen molar-refractivity contribution in [3.05, 3.63) is 60.4 Å². The summed E-state index contributed by atoms with van der Waals surface area (Å²) in [6.07, 6.45) is 3.33. The molecule has 0 fully saturated rings. The summed E-state index contributed by atoms with van der Waals surface area (Å²) in [6, 6.07) is 11.9. The number of H-pyrrole nitrogens is 1. The highest BCUT2D eigenvalue weighted by molar-refractivity contribution is 5.92. The van der Waals surface area contributed by atoms with E-state index in [4.69, 9.17) is 9.47 Å². The van der Waals surface area contributed by atoms with Crippen LogP contribution in [0.25, 0.3) is 11.1 Å². The second-order valence-electron chi connectivity index (χ2n) is 4.78. The number of hydrogen-bond acceptors (Lipinski definition) is 4. The lowest BCUT2D eigenvalue weighted by Gasteiger charge is -2.10. The molecule has 0 atom stereocenters. The Morgan fingerprint density at radius 3 is 2.43 bits per heavy atom. The van der Waals surface area contributed by atoms with Gasteiger partial charge >= 0.3 is 5.97 Å². The first kappa shape index (κ1) is 14.6. The van der Waals surface area contributed by atoms with Gasteiger partial charge in [-0.25, -0.2) is 4.79 Å². The molecule has 0 spiro atoms. The maximum atomic E-state index is 11.5. The largest absolute Gasteiger partial charge is 0.497 e. The molecule has 0 radical (unpaired) electrons. The van der Waals surface area contributed by atoms with Crippen molar-refractivity contribution in [3.63, 3.8) is 0 Å². The van der Waals surface area contributed by atoms with Gasteiger partial charge in [0, 0.05) is 11.8 Å². The number of hydrogen-bond donors (Lipinski definition) is 2. The Hall–Kier alpha value is -3.28. The maximum absolute atomic E-state index is 11.5. The van der Waals surface area contributed by atoms with Crippen LogP contribution in [-0.4, -0.2) is 28.4 Å². The van der Waals surface area contributed by atoms with E-state index in [0.29, 0.717) is 11.5 Å². The third-order valence-electron chi connectivity index (χ3n) is 3.33. The number of aromatic amines is 1. The van der Waals surface area contributed by atoms with E-state index in [-0.39, 0.29) is 11.3 Å². The van der Waals surface area contributed by atoms with Gasteiger partial charge in [0.05, 0.1) is 13.3 Å². The molecular weight excluding hydrogens is 296 g/mol. The normalized spacial score (nSPS) is 10.3. The van der Waals surface area contributed by atoms with Gasteiger partial charge in [0.25, 0.3) is 0 Å². The molecule has 6 heteroatoms. The number of ether oxygens (including phenoxy) is 2. The molecule has 3 aromatic rings. The number of nitrogens with zero attached hydrogens (tertiary/aromatic N) is 1. The zero-order valence-corrected chi connectivity index (χ0v) is 12.3. The van der Waals surface area contributed by atoms with Gasteiger partial charge in [0.1, 0.15) is 22.8 Å². The van der Waals surface area contributed by atoms with E-state index in [2.05, 4.69) is 10.2 Å². The molecule has 6 nitrogen and oxygen atoms in total. The Morgan fingerprint density at radius 2 is 1.83 bits per heavy atom. The first-order valence-electron chi connectivity index (χ1n) is 6.86.